The summed E-state index contributed by atoms with van der Waals surface area (Å²) in [6.45, 7) is 2.08. The number of phosphoric acid groups is 1. The maximum atomic E-state index is 12.5. The number of ether oxygens (including phenoxy) is 2. The molecule has 0 amide bonds. The highest BCUT2D eigenvalue weighted by Gasteiger charge is 2.27. The summed E-state index contributed by atoms with van der Waals surface area (Å²) in [7, 11) is -4.63. The third-order valence-electron chi connectivity index (χ3n) is 6.89. The summed E-state index contributed by atoms with van der Waals surface area (Å²) in [5, 5.41) is 18.2. The molecule has 3 atom stereocenters. The number of aliphatic hydroxyl groups is 2. The van der Waals surface area contributed by atoms with E-state index >= 15 is 0 Å². The van der Waals surface area contributed by atoms with Crippen LogP contribution in [0, 0.1) is 0 Å². The van der Waals surface area contributed by atoms with E-state index in [1.807, 2.05) is 12.2 Å². The van der Waals surface area contributed by atoms with E-state index in [-0.39, 0.29) is 19.4 Å². The van der Waals surface area contributed by atoms with Crippen molar-refractivity contribution in [2.24, 2.45) is 0 Å². The summed E-state index contributed by atoms with van der Waals surface area (Å²) < 4.78 is 32.3. The summed E-state index contributed by atoms with van der Waals surface area (Å²) in [4.78, 5) is 34.6. The van der Waals surface area contributed by atoms with E-state index in [4.69, 9.17) is 19.1 Å². The lowest BCUT2D eigenvalue weighted by molar-refractivity contribution is -0.161. The van der Waals surface area contributed by atoms with Gasteiger partial charge in [0, 0.05) is 12.8 Å². The fourth-order valence-corrected chi connectivity index (χ4v) is 4.92. The monoisotopic (exact) mass is 710 g/mol. The number of carbonyl (C=O) groups is 2. The molecule has 49 heavy (non-hydrogen) atoms. The molecule has 0 spiro atoms. The van der Waals surface area contributed by atoms with Crippen molar-refractivity contribution in [3.8, 4) is 0 Å². The normalized spacial score (nSPS) is 15.0. The number of carbonyl (C=O) groups excluding carboxylic acids is 2. The lowest BCUT2D eigenvalue weighted by atomic mass is 10.1. The second-order valence-corrected chi connectivity index (χ2v) is 13.0. The number of esters is 2. The third-order valence-corrected chi connectivity index (χ3v) is 7.84. The predicted molar refractivity (Wildman–Crippen MR) is 196 cm³/mol. The average Bonchev–Trinajstić information content (AvgIpc) is 3.09. The van der Waals surface area contributed by atoms with Crippen LogP contribution in [-0.4, -0.2) is 65.7 Å². The van der Waals surface area contributed by atoms with Crippen LogP contribution >= 0.6 is 7.82 Å². The first-order chi connectivity index (χ1) is 23.7. The summed E-state index contributed by atoms with van der Waals surface area (Å²) >= 11 is 0. The van der Waals surface area contributed by atoms with Crippen LogP contribution in [0.4, 0.5) is 0 Å². The highest BCUT2D eigenvalue weighted by Crippen LogP contribution is 2.43. The molecule has 0 heterocycles. The Morgan fingerprint density at radius 2 is 1.12 bits per heavy atom. The quantitative estimate of drug-likeness (QED) is 0.0268. The Morgan fingerprint density at radius 1 is 0.633 bits per heavy atom. The van der Waals surface area contributed by atoms with Crippen molar-refractivity contribution < 1.29 is 47.8 Å². The van der Waals surface area contributed by atoms with Crippen molar-refractivity contribution in [3.05, 3.63) is 72.9 Å². The maximum absolute atomic E-state index is 12.5. The standard InChI is InChI=1S/C38H63O10P/c1-3-5-7-9-11-12-13-14-15-16-17-18-19-20-21-22-24-26-28-30-38(42)48-36(34-47-49(43,44)46-32-35(40)31-39)33-45-37(41)29-27-25-23-10-8-6-4-2/h5,7,11-12,14-15,17-18,20-21,24,26,35-36,39-40H,3-4,6,8-10,13,16,19,22-23,25,27-34H2,1-2H3,(H,43,44)/b7-5-,12-11-,15-14-,18-17-,21-20-,26-24-. The molecule has 0 aliphatic heterocycles. The van der Waals surface area contributed by atoms with Gasteiger partial charge in [0.1, 0.15) is 12.7 Å². The molecule has 0 saturated carbocycles. The number of allylic oxidation sites excluding steroid dienone is 12. The second kappa shape index (κ2) is 33.9. The van der Waals surface area contributed by atoms with Crippen LogP contribution in [0.2, 0.25) is 0 Å². The zero-order valence-corrected chi connectivity index (χ0v) is 30.8. The molecule has 0 aliphatic carbocycles. The lowest BCUT2D eigenvalue weighted by Crippen LogP contribution is -2.29. The molecule has 0 aromatic heterocycles. The zero-order chi connectivity index (χ0) is 36.3. The molecule has 0 aromatic carbocycles. The molecule has 0 aliphatic rings. The van der Waals surface area contributed by atoms with Gasteiger partial charge in [0.25, 0.3) is 0 Å². The Labute approximate surface area is 295 Å². The van der Waals surface area contributed by atoms with Gasteiger partial charge in [0.2, 0.25) is 0 Å². The molecular formula is C38H63O10P. The molecule has 0 bridgehead atoms. The summed E-state index contributed by atoms with van der Waals surface area (Å²) in [6, 6.07) is 0. The summed E-state index contributed by atoms with van der Waals surface area (Å²) in [5.41, 5.74) is 0. The van der Waals surface area contributed by atoms with Crippen LogP contribution in [-0.2, 0) is 32.7 Å². The van der Waals surface area contributed by atoms with Crippen molar-refractivity contribution in [2.75, 3.05) is 26.4 Å². The van der Waals surface area contributed by atoms with Crippen molar-refractivity contribution in [3.63, 3.8) is 0 Å². The number of rotatable bonds is 32. The highest BCUT2D eigenvalue weighted by molar-refractivity contribution is 7.47. The number of unbranched alkanes of at least 4 members (excludes halogenated alkanes) is 6. The molecule has 3 N–H and O–H groups in total. The molecule has 10 nitrogen and oxygen atoms in total. The van der Waals surface area contributed by atoms with Gasteiger partial charge in [-0.3, -0.25) is 18.6 Å². The van der Waals surface area contributed by atoms with Crippen molar-refractivity contribution >= 4 is 19.8 Å². The van der Waals surface area contributed by atoms with E-state index in [1.54, 1.807) is 0 Å². The summed E-state index contributed by atoms with van der Waals surface area (Å²) in [5.74, 6) is -1.04. The minimum Gasteiger partial charge on any atom is -0.462 e. The molecule has 3 unspecified atom stereocenters. The van der Waals surface area contributed by atoms with Crippen LogP contribution in [0.1, 0.15) is 117 Å². The Balaban J connectivity index is 4.50. The molecule has 0 saturated heterocycles. The molecular weight excluding hydrogens is 647 g/mol. The largest absolute Gasteiger partial charge is 0.472 e. The molecule has 0 aromatic rings. The van der Waals surface area contributed by atoms with E-state index in [9.17, 15) is 24.2 Å². The Morgan fingerprint density at radius 3 is 1.65 bits per heavy atom. The summed E-state index contributed by atoms with van der Waals surface area (Å²) in [6.07, 6.45) is 36.3. The highest BCUT2D eigenvalue weighted by atomic mass is 31.2. The Bertz CT molecular complexity index is 1050. The Kier molecular flexibility index (Phi) is 32.1. The predicted octanol–water partition coefficient (Wildman–Crippen LogP) is 8.55. The number of phosphoric ester groups is 1. The maximum Gasteiger partial charge on any atom is 0.472 e. The van der Waals surface area contributed by atoms with Crippen molar-refractivity contribution in [1.82, 2.24) is 0 Å². The molecule has 0 fully saturated rings. The zero-order valence-electron chi connectivity index (χ0n) is 29.9. The number of hydrogen-bond acceptors (Lipinski definition) is 9. The molecule has 0 radical (unpaired) electrons. The molecule has 0 rings (SSSR count). The first-order valence-electron chi connectivity index (χ1n) is 17.9. The van der Waals surface area contributed by atoms with Gasteiger partial charge in [-0.1, -0.05) is 125 Å². The van der Waals surface area contributed by atoms with Gasteiger partial charge in [-0.15, -0.1) is 0 Å². The van der Waals surface area contributed by atoms with Gasteiger partial charge in [-0.2, -0.15) is 0 Å². The van der Waals surface area contributed by atoms with Crippen LogP contribution in [0.5, 0.6) is 0 Å². The van der Waals surface area contributed by atoms with Crippen LogP contribution in [0.15, 0.2) is 72.9 Å². The first kappa shape index (κ1) is 46.4. The first-order valence-corrected chi connectivity index (χ1v) is 19.4. The lowest BCUT2D eigenvalue weighted by Gasteiger charge is -2.20. The van der Waals surface area contributed by atoms with Crippen molar-refractivity contribution in [2.45, 2.75) is 129 Å². The SMILES string of the molecule is CC/C=C\C/C=C\C/C=C\C/C=C\C/C=C\C/C=C\CCC(=O)OC(COC(=O)CCCCCCCCC)COP(=O)(O)OCC(O)CO. The average molecular weight is 711 g/mol. The topological polar surface area (TPSA) is 149 Å². The minimum atomic E-state index is -4.63. The van der Waals surface area contributed by atoms with E-state index in [2.05, 4.69) is 79.1 Å². The van der Waals surface area contributed by atoms with Gasteiger partial charge in [0.15, 0.2) is 6.10 Å². The third kappa shape index (κ3) is 33.7. The van der Waals surface area contributed by atoms with E-state index < -0.39 is 51.8 Å². The second-order valence-electron chi connectivity index (χ2n) is 11.5. The van der Waals surface area contributed by atoms with E-state index in [0.717, 1.165) is 57.8 Å². The molecule has 11 heteroatoms. The van der Waals surface area contributed by atoms with Gasteiger partial charge in [-0.05, 0) is 51.4 Å². The van der Waals surface area contributed by atoms with Gasteiger partial charge in [-0.25, -0.2) is 4.57 Å². The van der Waals surface area contributed by atoms with Gasteiger partial charge < -0.3 is 24.6 Å². The number of aliphatic hydroxyl groups excluding tert-OH is 2. The van der Waals surface area contributed by atoms with Crippen LogP contribution < -0.4 is 0 Å². The van der Waals surface area contributed by atoms with E-state index in [0.29, 0.717) is 12.8 Å². The molecule has 280 valence electrons. The van der Waals surface area contributed by atoms with Crippen molar-refractivity contribution in [1.29, 1.82) is 0 Å². The van der Waals surface area contributed by atoms with E-state index in [1.165, 1.54) is 19.3 Å². The fraction of sp³-hybridized carbons (Fsp3) is 0.632. The smallest absolute Gasteiger partial charge is 0.462 e. The Hall–Kier alpha value is -2.59. The van der Waals surface area contributed by atoms with Gasteiger partial charge in [0.05, 0.1) is 19.8 Å². The minimum absolute atomic E-state index is 0.0562. The van der Waals surface area contributed by atoms with Crippen LogP contribution in [0.25, 0.3) is 0 Å². The van der Waals surface area contributed by atoms with Crippen LogP contribution in [0.3, 0.4) is 0 Å². The van der Waals surface area contributed by atoms with Gasteiger partial charge >= 0.3 is 19.8 Å². The fourth-order valence-electron chi connectivity index (χ4n) is 4.13. The number of hydrogen-bond donors (Lipinski definition) is 3.